The minimum atomic E-state index is -3.78. The molecule has 4 rings (SSSR count). The number of nitrogens with zero attached hydrogens (tertiary/aromatic N) is 1. The summed E-state index contributed by atoms with van der Waals surface area (Å²) in [6.45, 7) is 0.120. The van der Waals surface area contributed by atoms with Crippen molar-refractivity contribution in [2.75, 3.05) is 11.5 Å². The summed E-state index contributed by atoms with van der Waals surface area (Å²) in [7, 11) is -2.12. The zero-order chi connectivity index (χ0) is 16.9. The second-order valence-electron chi connectivity index (χ2n) is 5.23. The molecule has 1 aromatic heterocycles. The minimum Gasteiger partial charge on any atom is -0.454 e. The molecule has 0 unspecified atom stereocenters. The van der Waals surface area contributed by atoms with Crippen LogP contribution in [0.1, 0.15) is 0 Å². The van der Waals surface area contributed by atoms with Gasteiger partial charge < -0.3 is 14.0 Å². The number of nitrogens with one attached hydrogen (secondary N) is 1. The van der Waals surface area contributed by atoms with Gasteiger partial charge in [0.1, 0.15) is 0 Å². The number of hydrogen-bond donors (Lipinski definition) is 1. The molecule has 124 valence electrons. The molecule has 0 saturated carbocycles. The molecule has 0 spiro atoms. The first-order chi connectivity index (χ1) is 11.4. The molecule has 3 aromatic rings. The maximum absolute atomic E-state index is 12.6. The van der Waals surface area contributed by atoms with Gasteiger partial charge in [-0.25, -0.2) is 8.42 Å². The molecule has 1 N–H and O–H groups in total. The van der Waals surface area contributed by atoms with Crippen molar-refractivity contribution in [1.29, 1.82) is 0 Å². The number of hydrogen-bond acceptors (Lipinski definition) is 6. The zero-order valence-electron chi connectivity index (χ0n) is 12.5. The number of aryl methyl sites for hydroxylation is 1. The summed E-state index contributed by atoms with van der Waals surface area (Å²) in [5, 5.41) is 0. The van der Waals surface area contributed by atoms with Crippen LogP contribution in [0, 0.1) is 0 Å². The Kier molecular flexibility index (Phi) is 3.29. The van der Waals surface area contributed by atoms with Gasteiger partial charge >= 0.3 is 4.87 Å². The Morgan fingerprint density at radius 3 is 2.75 bits per heavy atom. The van der Waals surface area contributed by atoms with Gasteiger partial charge in [-0.05, 0) is 30.3 Å². The van der Waals surface area contributed by atoms with Gasteiger partial charge in [0.15, 0.2) is 11.5 Å². The van der Waals surface area contributed by atoms with Crippen LogP contribution in [0.15, 0.2) is 46.1 Å². The van der Waals surface area contributed by atoms with Crippen molar-refractivity contribution in [2.24, 2.45) is 7.05 Å². The number of thiazole rings is 1. The summed E-state index contributed by atoms with van der Waals surface area (Å²) in [4.78, 5) is 11.6. The van der Waals surface area contributed by atoms with Gasteiger partial charge in [0.25, 0.3) is 10.0 Å². The quantitative estimate of drug-likeness (QED) is 0.769. The van der Waals surface area contributed by atoms with E-state index in [9.17, 15) is 13.2 Å². The monoisotopic (exact) mass is 364 g/mol. The molecule has 2 heterocycles. The van der Waals surface area contributed by atoms with Crippen molar-refractivity contribution < 1.29 is 17.9 Å². The Labute approximate surface area is 141 Å². The van der Waals surface area contributed by atoms with Gasteiger partial charge in [-0.15, -0.1) is 0 Å². The Balaban J connectivity index is 1.71. The largest absolute Gasteiger partial charge is 0.454 e. The van der Waals surface area contributed by atoms with Gasteiger partial charge in [0, 0.05) is 13.1 Å². The van der Waals surface area contributed by atoms with Crippen molar-refractivity contribution in [3.8, 4) is 11.5 Å². The van der Waals surface area contributed by atoms with Crippen LogP contribution in [0.2, 0.25) is 0 Å². The molecule has 0 amide bonds. The number of benzene rings is 2. The highest BCUT2D eigenvalue weighted by molar-refractivity contribution is 7.92. The summed E-state index contributed by atoms with van der Waals surface area (Å²) in [5.74, 6) is 1.07. The lowest BCUT2D eigenvalue weighted by Gasteiger charge is -2.09. The second kappa shape index (κ2) is 5.25. The molecule has 0 atom stereocenters. The van der Waals surface area contributed by atoms with Crippen molar-refractivity contribution in [3.63, 3.8) is 0 Å². The number of sulfonamides is 1. The Hall–Kier alpha value is -2.52. The summed E-state index contributed by atoms with van der Waals surface area (Å²) in [6.07, 6.45) is 0. The molecular weight excluding hydrogens is 352 g/mol. The van der Waals surface area contributed by atoms with Crippen LogP contribution >= 0.6 is 11.3 Å². The normalized spacial score (nSPS) is 13.4. The Morgan fingerprint density at radius 1 is 1.12 bits per heavy atom. The van der Waals surface area contributed by atoms with E-state index in [1.54, 1.807) is 31.3 Å². The lowest BCUT2D eigenvalue weighted by atomic mass is 10.3. The highest BCUT2D eigenvalue weighted by Crippen LogP contribution is 2.35. The first-order valence-corrected chi connectivity index (χ1v) is 9.26. The first-order valence-electron chi connectivity index (χ1n) is 6.96. The molecule has 0 fully saturated rings. The van der Waals surface area contributed by atoms with E-state index in [1.165, 1.54) is 16.7 Å². The van der Waals surface area contributed by atoms with Crippen molar-refractivity contribution in [3.05, 3.63) is 46.1 Å². The smallest absolute Gasteiger partial charge is 0.307 e. The van der Waals surface area contributed by atoms with Crippen molar-refractivity contribution in [1.82, 2.24) is 4.57 Å². The summed E-state index contributed by atoms with van der Waals surface area (Å²) in [5.41, 5.74) is 1.08. The fraction of sp³-hybridized carbons (Fsp3) is 0.133. The lowest BCUT2D eigenvalue weighted by molar-refractivity contribution is 0.174. The number of aromatic nitrogens is 1. The second-order valence-corrected chi connectivity index (χ2v) is 7.91. The Bertz CT molecular complexity index is 1110. The summed E-state index contributed by atoms with van der Waals surface area (Å²) in [6, 6.07) is 9.41. The molecular formula is C15H12N2O5S2. The molecule has 2 aromatic carbocycles. The zero-order valence-corrected chi connectivity index (χ0v) is 14.1. The molecule has 24 heavy (non-hydrogen) atoms. The van der Waals surface area contributed by atoms with Crippen LogP contribution in [0.5, 0.6) is 11.5 Å². The minimum absolute atomic E-state index is 0.0921. The lowest BCUT2D eigenvalue weighted by Crippen LogP contribution is -2.12. The van der Waals surface area contributed by atoms with Crippen LogP contribution in [0.3, 0.4) is 0 Å². The van der Waals surface area contributed by atoms with Gasteiger partial charge in [0.2, 0.25) is 6.79 Å². The summed E-state index contributed by atoms with van der Waals surface area (Å²) >= 11 is 1.01. The van der Waals surface area contributed by atoms with E-state index in [2.05, 4.69) is 4.72 Å². The van der Waals surface area contributed by atoms with E-state index in [4.69, 9.17) is 9.47 Å². The van der Waals surface area contributed by atoms with Crippen LogP contribution in [-0.4, -0.2) is 19.8 Å². The van der Waals surface area contributed by atoms with E-state index < -0.39 is 10.0 Å². The van der Waals surface area contributed by atoms with Crippen LogP contribution in [-0.2, 0) is 17.1 Å². The van der Waals surface area contributed by atoms with E-state index in [0.717, 1.165) is 11.3 Å². The molecule has 7 nitrogen and oxygen atoms in total. The highest BCUT2D eigenvalue weighted by Gasteiger charge is 2.19. The average molecular weight is 364 g/mol. The van der Waals surface area contributed by atoms with E-state index in [-0.39, 0.29) is 16.6 Å². The van der Waals surface area contributed by atoms with E-state index in [0.29, 0.717) is 27.4 Å². The van der Waals surface area contributed by atoms with Crippen molar-refractivity contribution >= 4 is 37.3 Å². The van der Waals surface area contributed by atoms with E-state index in [1.807, 2.05) is 0 Å². The van der Waals surface area contributed by atoms with Crippen LogP contribution < -0.4 is 19.1 Å². The molecule has 9 heteroatoms. The predicted octanol–water partition coefficient (Wildman–Crippen LogP) is 2.13. The molecule has 0 aliphatic carbocycles. The van der Waals surface area contributed by atoms with Crippen LogP contribution in [0.4, 0.5) is 5.69 Å². The third-order valence-corrected chi connectivity index (χ3v) is 6.07. The number of rotatable bonds is 3. The van der Waals surface area contributed by atoms with E-state index >= 15 is 0 Å². The molecule has 0 bridgehead atoms. The molecule has 1 aliphatic heterocycles. The summed E-state index contributed by atoms with van der Waals surface area (Å²) < 4.78 is 40.2. The first kappa shape index (κ1) is 15.0. The third kappa shape index (κ3) is 2.42. The fourth-order valence-corrected chi connectivity index (χ4v) is 4.52. The van der Waals surface area contributed by atoms with Gasteiger partial charge in [0.05, 0.1) is 20.8 Å². The highest BCUT2D eigenvalue weighted by atomic mass is 32.2. The maximum atomic E-state index is 12.6. The number of ether oxygens (including phenoxy) is 2. The van der Waals surface area contributed by atoms with Gasteiger partial charge in [-0.1, -0.05) is 11.3 Å². The number of fused-ring (bicyclic) bond motifs is 2. The topological polar surface area (TPSA) is 86.6 Å². The Morgan fingerprint density at radius 2 is 1.92 bits per heavy atom. The molecule has 0 radical (unpaired) electrons. The van der Waals surface area contributed by atoms with Gasteiger partial charge in [-0.3, -0.25) is 9.52 Å². The maximum Gasteiger partial charge on any atom is 0.307 e. The van der Waals surface area contributed by atoms with Crippen molar-refractivity contribution in [2.45, 2.75) is 4.90 Å². The SMILES string of the molecule is Cn1c(=O)sc2cc(S(=O)(=O)Nc3ccc4c(c3)OCO4)ccc21. The average Bonchev–Trinajstić information content (AvgIpc) is 3.11. The van der Waals surface area contributed by atoms with Gasteiger partial charge in [-0.2, -0.15) is 0 Å². The standard InChI is InChI=1S/C15H12N2O5S2/c1-17-11-4-3-10(7-14(11)23-15(17)18)24(19,20)16-9-2-5-12-13(6-9)22-8-21-12/h2-7,16H,8H2,1H3. The molecule has 0 saturated heterocycles. The van der Waals surface area contributed by atoms with Crippen LogP contribution in [0.25, 0.3) is 10.2 Å². The predicted molar refractivity (Wildman–Crippen MR) is 90.4 cm³/mol. The fourth-order valence-electron chi connectivity index (χ4n) is 2.46. The number of anilines is 1. The third-order valence-electron chi connectivity index (χ3n) is 3.70. The molecule has 1 aliphatic rings.